The number of amides is 1. The van der Waals surface area contributed by atoms with Crippen LogP contribution in [0, 0.1) is 23.2 Å². The van der Waals surface area contributed by atoms with E-state index in [1.54, 1.807) is 11.3 Å². The highest BCUT2D eigenvalue weighted by molar-refractivity contribution is 7.16. The number of hydrogen-bond acceptors (Lipinski definition) is 3. The summed E-state index contributed by atoms with van der Waals surface area (Å²) in [5.74, 6) is 1.14. The molecule has 0 bridgehead atoms. The molecule has 1 saturated carbocycles. The first-order valence-corrected chi connectivity index (χ1v) is 9.93. The number of fused-ring (bicyclic) bond motifs is 1. The van der Waals surface area contributed by atoms with Gasteiger partial charge in [0.05, 0.1) is 5.56 Å². The molecule has 3 nitrogen and oxygen atoms in total. The highest BCUT2D eigenvalue weighted by atomic mass is 32.1. The molecule has 4 heteroatoms. The van der Waals surface area contributed by atoms with Gasteiger partial charge in [-0.1, -0.05) is 43.7 Å². The highest BCUT2D eigenvalue weighted by Gasteiger charge is 2.44. The van der Waals surface area contributed by atoms with Gasteiger partial charge in [0.25, 0.3) is 0 Å². The molecule has 2 aromatic rings. The van der Waals surface area contributed by atoms with Crippen LogP contribution in [0.1, 0.15) is 53.7 Å². The van der Waals surface area contributed by atoms with Gasteiger partial charge >= 0.3 is 0 Å². The van der Waals surface area contributed by atoms with Crippen molar-refractivity contribution in [1.29, 1.82) is 5.26 Å². The lowest BCUT2D eigenvalue weighted by Crippen LogP contribution is -2.14. The number of nitriles is 1. The van der Waals surface area contributed by atoms with Gasteiger partial charge in [0.2, 0.25) is 5.91 Å². The number of hydrogen-bond donors (Lipinski definition) is 1. The number of nitrogens with zero attached hydrogens (tertiary/aromatic N) is 1. The smallest absolute Gasteiger partial charge is 0.228 e. The van der Waals surface area contributed by atoms with Crippen LogP contribution < -0.4 is 5.32 Å². The lowest BCUT2D eigenvalue weighted by atomic mass is 9.86. The first kappa shape index (κ1) is 16.4. The number of carbonyl (C=O) groups excluding carboxylic acids is 1. The molecule has 0 saturated heterocycles. The Balaban J connectivity index is 1.49. The predicted molar refractivity (Wildman–Crippen MR) is 101 cm³/mol. The third-order valence-corrected chi connectivity index (χ3v) is 6.82. The minimum Gasteiger partial charge on any atom is -0.316 e. The van der Waals surface area contributed by atoms with Crippen LogP contribution in [0.25, 0.3) is 0 Å². The largest absolute Gasteiger partial charge is 0.316 e. The van der Waals surface area contributed by atoms with Crippen LogP contribution in [-0.4, -0.2) is 5.91 Å². The zero-order valence-corrected chi connectivity index (χ0v) is 15.2. The average Bonchev–Trinajstić information content (AvgIpc) is 3.38. The second-order valence-corrected chi connectivity index (χ2v) is 8.29. The van der Waals surface area contributed by atoms with E-state index in [1.165, 1.54) is 22.4 Å². The monoisotopic (exact) mass is 350 g/mol. The summed E-state index contributed by atoms with van der Waals surface area (Å²) in [4.78, 5) is 14.0. The maximum atomic E-state index is 12.6. The molecule has 1 N–H and O–H groups in total. The molecule has 2 aliphatic carbocycles. The first-order chi connectivity index (χ1) is 12.2. The van der Waals surface area contributed by atoms with E-state index in [0.717, 1.165) is 30.7 Å². The molecule has 0 aliphatic heterocycles. The third kappa shape index (κ3) is 3.09. The number of benzene rings is 1. The standard InChI is InChI=1S/C21H22N2OS/c1-2-13-8-9-15-18(12-22)21(25-19(15)10-13)23-20(24)17-11-16(17)14-6-4-3-5-7-14/h3-7,13,16-17H,2,8-11H2,1H3,(H,23,24)/t13-,16+,17+/m1/s1. The summed E-state index contributed by atoms with van der Waals surface area (Å²) < 4.78 is 0. The number of thiophene rings is 1. The van der Waals surface area contributed by atoms with E-state index in [2.05, 4.69) is 30.4 Å². The summed E-state index contributed by atoms with van der Waals surface area (Å²) in [7, 11) is 0. The van der Waals surface area contributed by atoms with Crippen LogP contribution in [0.15, 0.2) is 30.3 Å². The van der Waals surface area contributed by atoms with Gasteiger partial charge in [0, 0.05) is 10.8 Å². The quantitative estimate of drug-likeness (QED) is 0.854. The minimum absolute atomic E-state index is 0.0384. The number of anilines is 1. The van der Waals surface area contributed by atoms with Crippen molar-refractivity contribution in [2.24, 2.45) is 11.8 Å². The van der Waals surface area contributed by atoms with Crippen molar-refractivity contribution in [1.82, 2.24) is 0 Å². The van der Waals surface area contributed by atoms with Crippen molar-refractivity contribution in [2.45, 2.75) is 44.9 Å². The van der Waals surface area contributed by atoms with Crippen LogP contribution in [0.3, 0.4) is 0 Å². The Morgan fingerprint density at radius 1 is 1.36 bits per heavy atom. The number of rotatable bonds is 4. The second kappa shape index (κ2) is 6.65. The van der Waals surface area contributed by atoms with Gasteiger partial charge < -0.3 is 5.32 Å². The van der Waals surface area contributed by atoms with Crippen LogP contribution in [0.4, 0.5) is 5.00 Å². The van der Waals surface area contributed by atoms with Crippen LogP contribution in [-0.2, 0) is 17.6 Å². The van der Waals surface area contributed by atoms with E-state index in [0.29, 0.717) is 17.4 Å². The van der Waals surface area contributed by atoms with Gasteiger partial charge in [0.1, 0.15) is 11.1 Å². The Morgan fingerprint density at radius 2 is 2.16 bits per heavy atom. The second-order valence-electron chi connectivity index (χ2n) is 7.19. The molecule has 0 unspecified atom stereocenters. The normalized spacial score (nSPS) is 24.2. The molecule has 1 aromatic heterocycles. The lowest BCUT2D eigenvalue weighted by Gasteiger charge is -2.20. The van der Waals surface area contributed by atoms with Crippen LogP contribution >= 0.6 is 11.3 Å². The molecular weight excluding hydrogens is 328 g/mol. The summed E-state index contributed by atoms with van der Waals surface area (Å²) in [6, 6.07) is 12.6. The van der Waals surface area contributed by atoms with E-state index in [9.17, 15) is 10.1 Å². The molecule has 4 rings (SSSR count). The molecule has 0 spiro atoms. The highest BCUT2D eigenvalue weighted by Crippen LogP contribution is 2.48. The van der Waals surface area contributed by atoms with Gasteiger partial charge in [-0.15, -0.1) is 11.3 Å². The molecule has 1 fully saturated rings. The molecule has 2 aliphatic rings. The predicted octanol–water partition coefficient (Wildman–Crippen LogP) is 4.88. The fraction of sp³-hybridized carbons (Fsp3) is 0.429. The molecule has 128 valence electrons. The van der Waals surface area contributed by atoms with E-state index in [1.807, 2.05) is 18.2 Å². The third-order valence-electron chi connectivity index (χ3n) is 5.65. The van der Waals surface area contributed by atoms with Crippen molar-refractivity contribution in [3.05, 3.63) is 51.9 Å². The molecule has 1 heterocycles. The van der Waals surface area contributed by atoms with Crippen LogP contribution in [0.5, 0.6) is 0 Å². The fourth-order valence-electron chi connectivity index (χ4n) is 3.97. The molecule has 1 aromatic carbocycles. The Bertz CT molecular complexity index is 834. The van der Waals surface area contributed by atoms with Crippen molar-refractivity contribution >= 4 is 22.2 Å². The van der Waals surface area contributed by atoms with Gasteiger partial charge in [-0.3, -0.25) is 4.79 Å². The van der Waals surface area contributed by atoms with Crippen molar-refractivity contribution in [2.75, 3.05) is 5.32 Å². The maximum Gasteiger partial charge on any atom is 0.228 e. The SMILES string of the molecule is CC[C@@H]1CCc2c(sc(NC(=O)[C@H]3C[C@H]3c3ccccc3)c2C#N)C1. The summed E-state index contributed by atoms with van der Waals surface area (Å²) in [6.07, 6.45) is 5.26. The van der Waals surface area contributed by atoms with Gasteiger partial charge in [-0.2, -0.15) is 5.26 Å². The minimum atomic E-state index is 0.0384. The molecule has 3 atom stereocenters. The first-order valence-electron chi connectivity index (χ1n) is 9.11. The van der Waals surface area contributed by atoms with Gasteiger partial charge in [0.15, 0.2) is 0 Å². The number of carbonyl (C=O) groups is 1. The molecule has 1 amide bonds. The van der Waals surface area contributed by atoms with Crippen molar-refractivity contribution < 1.29 is 4.79 Å². The Hall–Kier alpha value is -2.12. The van der Waals surface area contributed by atoms with E-state index in [-0.39, 0.29) is 11.8 Å². The number of nitrogens with one attached hydrogen (secondary N) is 1. The van der Waals surface area contributed by atoms with Crippen LogP contribution in [0.2, 0.25) is 0 Å². The average molecular weight is 350 g/mol. The fourth-order valence-corrected chi connectivity index (χ4v) is 5.28. The van der Waals surface area contributed by atoms with E-state index >= 15 is 0 Å². The Morgan fingerprint density at radius 3 is 2.88 bits per heavy atom. The summed E-state index contributed by atoms with van der Waals surface area (Å²) in [5.41, 5.74) is 3.13. The Labute approximate surface area is 152 Å². The molecule has 25 heavy (non-hydrogen) atoms. The maximum absolute atomic E-state index is 12.6. The van der Waals surface area contributed by atoms with E-state index < -0.39 is 0 Å². The lowest BCUT2D eigenvalue weighted by molar-refractivity contribution is -0.117. The summed E-state index contributed by atoms with van der Waals surface area (Å²) >= 11 is 1.62. The molecule has 0 radical (unpaired) electrons. The zero-order chi connectivity index (χ0) is 17.4. The topological polar surface area (TPSA) is 52.9 Å². The van der Waals surface area contributed by atoms with Gasteiger partial charge in [-0.05, 0) is 48.6 Å². The van der Waals surface area contributed by atoms with Gasteiger partial charge in [-0.25, -0.2) is 0 Å². The molecular formula is C21H22N2OS. The Kier molecular flexibility index (Phi) is 4.35. The zero-order valence-electron chi connectivity index (χ0n) is 14.4. The van der Waals surface area contributed by atoms with Crippen molar-refractivity contribution in [3.63, 3.8) is 0 Å². The summed E-state index contributed by atoms with van der Waals surface area (Å²) in [5, 5.41) is 13.4. The van der Waals surface area contributed by atoms with E-state index in [4.69, 9.17) is 0 Å². The summed E-state index contributed by atoms with van der Waals surface area (Å²) in [6.45, 7) is 2.23. The van der Waals surface area contributed by atoms with Crippen molar-refractivity contribution in [3.8, 4) is 6.07 Å².